The van der Waals surface area contributed by atoms with Gasteiger partial charge in [0.15, 0.2) is 0 Å². The third-order valence-corrected chi connectivity index (χ3v) is 5.66. The highest BCUT2D eigenvalue weighted by Gasteiger charge is 2.40. The lowest BCUT2D eigenvalue weighted by Crippen LogP contribution is -2.46. The van der Waals surface area contributed by atoms with Crippen molar-refractivity contribution in [3.05, 3.63) is 53.2 Å². The van der Waals surface area contributed by atoms with Crippen molar-refractivity contribution in [2.45, 2.75) is 18.9 Å². The van der Waals surface area contributed by atoms with E-state index in [0.717, 1.165) is 25.9 Å². The minimum absolute atomic E-state index is 0.0477. The summed E-state index contributed by atoms with van der Waals surface area (Å²) in [6.07, 6.45) is 3.11. The second-order valence-electron chi connectivity index (χ2n) is 8.14. The van der Waals surface area contributed by atoms with E-state index in [1.54, 1.807) is 44.4 Å². The summed E-state index contributed by atoms with van der Waals surface area (Å²) >= 11 is 0. The van der Waals surface area contributed by atoms with Crippen LogP contribution in [0.1, 0.15) is 43.9 Å². The van der Waals surface area contributed by atoms with Crippen LogP contribution in [0.2, 0.25) is 0 Å². The van der Waals surface area contributed by atoms with Gasteiger partial charge >= 0.3 is 0 Å². The lowest BCUT2D eigenvalue weighted by molar-refractivity contribution is -0.122. The maximum Gasteiger partial charge on any atom is 0.290 e. The van der Waals surface area contributed by atoms with E-state index < -0.39 is 0 Å². The number of imide groups is 1. The van der Waals surface area contributed by atoms with Gasteiger partial charge in [-0.3, -0.25) is 24.1 Å². The van der Waals surface area contributed by atoms with Crippen LogP contribution in [0.4, 0.5) is 11.5 Å². The molecule has 0 spiro atoms. The molecule has 3 heterocycles. The quantitative estimate of drug-likeness (QED) is 0.532. The van der Waals surface area contributed by atoms with Crippen LogP contribution in [0.3, 0.4) is 0 Å². The number of aromatic nitrogens is 1. The normalized spacial score (nSPS) is 16.0. The Kier molecular flexibility index (Phi) is 7.39. The minimum atomic E-state index is -0.250. The number of pyridine rings is 1. The molecule has 4 rings (SSSR count). The third kappa shape index (κ3) is 5.17. The molecule has 1 saturated heterocycles. The summed E-state index contributed by atoms with van der Waals surface area (Å²) in [5.74, 6) is -0.00670. The van der Waals surface area contributed by atoms with E-state index in [9.17, 15) is 14.4 Å². The zero-order valence-electron chi connectivity index (χ0n) is 18.8. The maximum atomic E-state index is 13.0. The molecule has 2 aromatic rings. The van der Waals surface area contributed by atoms with Crippen molar-refractivity contribution in [2.24, 2.45) is 0 Å². The fourth-order valence-electron chi connectivity index (χ4n) is 3.92. The Morgan fingerprint density at radius 3 is 2.33 bits per heavy atom. The van der Waals surface area contributed by atoms with Gasteiger partial charge in [0.05, 0.1) is 16.7 Å². The van der Waals surface area contributed by atoms with E-state index in [4.69, 9.17) is 9.90 Å². The number of hydrogen-bond donors (Lipinski definition) is 2. The Balaban J connectivity index is 0.000000968. The highest BCUT2D eigenvalue weighted by molar-refractivity contribution is 6.22. The number of rotatable bonds is 4. The molecule has 1 fully saturated rings. The highest BCUT2D eigenvalue weighted by Crippen LogP contribution is 2.31. The largest absolute Gasteiger partial charge is 0.483 e. The Morgan fingerprint density at radius 2 is 1.76 bits per heavy atom. The fourth-order valence-corrected chi connectivity index (χ4v) is 3.92. The smallest absolute Gasteiger partial charge is 0.290 e. The van der Waals surface area contributed by atoms with Crippen molar-refractivity contribution in [3.63, 3.8) is 0 Å². The first-order valence-corrected chi connectivity index (χ1v) is 10.5. The first-order valence-electron chi connectivity index (χ1n) is 10.5. The molecule has 1 aromatic heterocycles. The van der Waals surface area contributed by atoms with Crippen LogP contribution in [0.25, 0.3) is 0 Å². The number of carbonyl (C=O) groups excluding carboxylic acids is 3. The number of fused-ring (bicyclic) bond motifs is 1. The lowest BCUT2D eigenvalue weighted by Gasteiger charge is -2.33. The predicted molar refractivity (Wildman–Crippen MR) is 122 cm³/mol. The molecule has 2 aliphatic rings. The van der Waals surface area contributed by atoms with Gasteiger partial charge in [-0.2, -0.15) is 0 Å². The van der Waals surface area contributed by atoms with Crippen LogP contribution in [0.5, 0.6) is 0 Å². The van der Waals surface area contributed by atoms with Crippen molar-refractivity contribution >= 4 is 35.7 Å². The van der Waals surface area contributed by atoms with Gasteiger partial charge in [-0.05, 0) is 63.3 Å². The number of hydrogen-bond acceptors (Lipinski definition) is 7. The Morgan fingerprint density at radius 1 is 1.12 bits per heavy atom. The monoisotopic (exact) mass is 453 g/mol. The SMILES string of the molecule is CN1CCC(N2C(=O)c3ccc(Nc4ccc(C(=O)N(C)C)cn4)cc3C2=O)CC1.O=CO. The molecule has 33 heavy (non-hydrogen) atoms. The summed E-state index contributed by atoms with van der Waals surface area (Å²) in [4.78, 5) is 55.6. The average Bonchev–Trinajstić information content (AvgIpc) is 3.04. The van der Waals surface area contributed by atoms with Crippen molar-refractivity contribution in [2.75, 3.05) is 39.5 Å². The summed E-state index contributed by atoms with van der Waals surface area (Å²) in [7, 11) is 5.42. The number of anilines is 2. The highest BCUT2D eigenvalue weighted by atomic mass is 16.3. The molecule has 1 aromatic carbocycles. The third-order valence-electron chi connectivity index (χ3n) is 5.66. The number of nitrogens with one attached hydrogen (secondary N) is 1. The maximum absolute atomic E-state index is 13.0. The molecule has 0 radical (unpaired) electrons. The number of likely N-dealkylation sites (tertiary alicyclic amines) is 1. The Labute approximate surface area is 191 Å². The predicted octanol–water partition coefficient (Wildman–Crippen LogP) is 1.92. The molecule has 0 saturated carbocycles. The lowest BCUT2D eigenvalue weighted by atomic mass is 10.0. The number of carboxylic acid groups (broad SMARTS) is 1. The van der Waals surface area contributed by atoms with E-state index in [1.807, 2.05) is 7.05 Å². The number of benzene rings is 1. The molecule has 2 N–H and O–H groups in total. The van der Waals surface area contributed by atoms with Gasteiger partial charge in [0, 0.05) is 32.0 Å². The molecule has 10 nitrogen and oxygen atoms in total. The second kappa shape index (κ2) is 10.2. The molecule has 0 atom stereocenters. The second-order valence-corrected chi connectivity index (χ2v) is 8.14. The molecular formula is C23H27N5O5. The van der Waals surface area contributed by atoms with Crippen LogP contribution >= 0.6 is 0 Å². The van der Waals surface area contributed by atoms with Crippen LogP contribution in [-0.4, -0.2) is 89.3 Å². The number of piperidine rings is 1. The fraction of sp³-hybridized carbons (Fsp3) is 0.348. The van der Waals surface area contributed by atoms with Crippen molar-refractivity contribution in [1.82, 2.24) is 19.7 Å². The van der Waals surface area contributed by atoms with Gasteiger partial charge in [0.25, 0.3) is 24.2 Å². The zero-order chi connectivity index (χ0) is 24.1. The molecule has 10 heteroatoms. The van der Waals surface area contributed by atoms with Gasteiger partial charge < -0.3 is 20.2 Å². The number of amides is 3. The van der Waals surface area contributed by atoms with Crippen molar-refractivity contribution < 1.29 is 24.3 Å². The molecule has 0 unspecified atom stereocenters. The average molecular weight is 453 g/mol. The minimum Gasteiger partial charge on any atom is -0.483 e. The van der Waals surface area contributed by atoms with E-state index in [2.05, 4.69) is 15.2 Å². The van der Waals surface area contributed by atoms with Crippen LogP contribution < -0.4 is 5.32 Å². The number of nitrogens with zero attached hydrogens (tertiary/aromatic N) is 4. The molecule has 0 aliphatic carbocycles. The number of carbonyl (C=O) groups is 4. The van der Waals surface area contributed by atoms with Crippen LogP contribution in [0, 0.1) is 0 Å². The van der Waals surface area contributed by atoms with Crippen LogP contribution in [0.15, 0.2) is 36.5 Å². The molecule has 0 bridgehead atoms. The van der Waals surface area contributed by atoms with Crippen molar-refractivity contribution in [3.8, 4) is 0 Å². The molecular weight excluding hydrogens is 426 g/mol. The van der Waals surface area contributed by atoms with E-state index in [1.165, 1.54) is 16.0 Å². The van der Waals surface area contributed by atoms with E-state index >= 15 is 0 Å². The van der Waals surface area contributed by atoms with Gasteiger partial charge in [0.1, 0.15) is 5.82 Å². The summed E-state index contributed by atoms with van der Waals surface area (Å²) in [5.41, 5.74) is 2.03. The van der Waals surface area contributed by atoms with E-state index in [-0.39, 0.29) is 30.2 Å². The first kappa shape index (κ1) is 23.9. The standard InChI is InChI=1S/C22H25N5O3.CH2O2/c1-25(2)20(28)14-4-7-19(23-13-14)24-15-5-6-17-18(12-15)22(30)27(21(17)29)16-8-10-26(3)11-9-16;2-1-3/h4-7,12-13,16H,8-11H2,1-3H3,(H,23,24);1H,(H,2,3). The van der Waals surface area contributed by atoms with E-state index in [0.29, 0.717) is 28.2 Å². The summed E-state index contributed by atoms with van der Waals surface area (Å²) in [6, 6.07) is 8.52. The Bertz CT molecular complexity index is 1050. The van der Waals surface area contributed by atoms with Gasteiger partial charge in [-0.1, -0.05) is 0 Å². The summed E-state index contributed by atoms with van der Waals surface area (Å²) in [5, 5.41) is 10.0. The van der Waals surface area contributed by atoms with Gasteiger partial charge in [-0.25, -0.2) is 4.98 Å². The first-order chi connectivity index (χ1) is 15.8. The van der Waals surface area contributed by atoms with Gasteiger partial charge in [0.2, 0.25) is 0 Å². The molecule has 3 amide bonds. The Hall–Kier alpha value is -3.79. The summed E-state index contributed by atoms with van der Waals surface area (Å²) < 4.78 is 0. The summed E-state index contributed by atoms with van der Waals surface area (Å²) in [6.45, 7) is 1.51. The molecule has 174 valence electrons. The van der Waals surface area contributed by atoms with Crippen molar-refractivity contribution in [1.29, 1.82) is 0 Å². The molecule has 2 aliphatic heterocycles. The topological polar surface area (TPSA) is 123 Å². The van der Waals surface area contributed by atoms with Gasteiger partial charge in [-0.15, -0.1) is 0 Å². The zero-order valence-corrected chi connectivity index (χ0v) is 18.8. The van der Waals surface area contributed by atoms with Crippen LogP contribution in [-0.2, 0) is 4.79 Å².